The fourth-order valence-electron chi connectivity index (χ4n) is 11.1. The fourth-order valence-corrected chi connectivity index (χ4v) is 11.1. The van der Waals surface area contributed by atoms with Crippen LogP contribution in [-0.4, -0.2) is 47.4 Å². The maximum Gasteiger partial charge on any atom is 0.305 e. The Labute approximate surface area is 481 Å². The van der Waals surface area contributed by atoms with Gasteiger partial charge in [-0.3, -0.25) is 9.59 Å². The van der Waals surface area contributed by atoms with Crippen LogP contribution in [0.25, 0.3) is 0 Å². The molecule has 0 heterocycles. The molecule has 0 aromatic heterocycles. The van der Waals surface area contributed by atoms with Crippen LogP contribution in [0.1, 0.15) is 393 Å². The number of rotatable bonds is 66. The van der Waals surface area contributed by atoms with Crippen molar-refractivity contribution >= 4 is 11.9 Å². The number of hydrogen-bond donors (Lipinski definition) is 3. The van der Waals surface area contributed by atoms with Gasteiger partial charge in [0.25, 0.3) is 0 Å². The SMILES string of the molecule is CCCCC/C=C\CCCCCCCC(=O)OCCCCCCCCCCCCCCCCCCCCCCCCCCCCCC(=O)NC(CO)C(O)/C=C/CCCCCCCCCCCCCCCCCCCCC. The van der Waals surface area contributed by atoms with Crippen LogP contribution < -0.4 is 5.32 Å². The number of aliphatic hydroxyl groups excluding tert-OH is 2. The number of amides is 1. The Hall–Kier alpha value is -1.66. The monoisotopic (exact) mass is 1080 g/mol. The zero-order chi connectivity index (χ0) is 55.7. The third kappa shape index (κ3) is 63.4. The molecule has 0 aliphatic carbocycles. The van der Waals surface area contributed by atoms with Crippen LogP contribution in [0.5, 0.6) is 0 Å². The average Bonchev–Trinajstić information content (AvgIpc) is 3.43. The highest BCUT2D eigenvalue weighted by Crippen LogP contribution is 2.19. The van der Waals surface area contributed by atoms with Gasteiger partial charge in [0.1, 0.15) is 0 Å². The summed E-state index contributed by atoms with van der Waals surface area (Å²) in [4.78, 5) is 24.5. The summed E-state index contributed by atoms with van der Waals surface area (Å²) >= 11 is 0. The number of hydrogen-bond acceptors (Lipinski definition) is 5. The minimum Gasteiger partial charge on any atom is -0.466 e. The topological polar surface area (TPSA) is 95.9 Å². The lowest BCUT2D eigenvalue weighted by Crippen LogP contribution is -2.45. The molecule has 0 aliphatic heterocycles. The highest BCUT2D eigenvalue weighted by atomic mass is 16.5. The summed E-state index contributed by atoms with van der Waals surface area (Å²) in [6.07, 6.45) is 84.0. The van der Waals surface area contributed by atoms with Gasteiger partial charge >= 0.3 is 5.97 Å². The van der Waals surface area contributed by atoms with Crippen molar-refractivity contribution in [2.45, 2.75) is 405 Å². The Kier molecular flexibility index (Phi) is 65.4. The first-order valence-corrected chi connectivity index (χ1v) is 35.1. The summed E-state index contributed by atoms with van der Waals surface area (Å²) in [6, 6.07) is -0.626. The van der Waals surface area contributed by atoms with E-state index in [1.165, 1.54) is 321 Å². The molecule has 0 spiro atoms. The van der Waals surface area contributed by atoms with E-state index >= 15 is 0 Å². The zero-order valence-corrected chi connectivity index (χ0v) is 52.2. The van der Waals surface area contributed by atoms with Gasteiger partial charge in [-0.25, -0.2) is 0 Å². The highest BCUT2D eigenvalue weighted by molar-refractivity contribution is 5.76. The third-order valence-electron chi connectivity index (χ3n) is 16.5. The molecule has 0 radical (unpaired) electrons. The molecule has 1 amide bonds. The second kappa shape index (κ2) is 66.8. The Morgan fingerprint density at radius 3 is 0.948 bits per heavy atom. The number of esters is 1. The van der Waals surface area contributed by atoms with E-state index in [0.717, 1.165) is 44.9 Å². The maximum absolute atomic E-state index is 12.5. The quantitative estimate of drug-likeness (QED) is 0.0320. The van der Waals surface area contributed by atoms with Crippen LogP contribution in [0.3, 0.4) is 0 Å². The van der Waals surface area contributed by atoms with E-state index in [0.29, 0.717) is 19.4 Å². The molecule has 2 atom stereocenters. The minimum absolute atomic E-state index is 0.00817. The van der Waals surface area contributed by atoms with Gasteiger partial charge in [-0.2, -0.15) is 0 Å². The number of carbonyl (C=O) groups excluding carboxylic acids is 2. The first-order chi connectivity index (χ1) is 38.0. The Bertz CT molecular complexity index is 1200. The molecular formula is C71H137NO5. The van der Waals surface area contributed by atoms with Gasteiger partial charge in [-0.1, -0.05) is 346 Å². The molecule has 6 nitrogen and oxygen atoms in total. The van der Waals surface area contributed by atoms with Crippen molar-refractivity contribution in [3.63, 3.8) is 0 Å². The molecule has 0 rings (SSSR count). The largest absolute Gasteiger partial charge is 0.466 e. The first-order valence-electron chi connectivity index (χ1n) is 35.1. The third-order valence-corrected chi connectivity index (χ3v) is 16.5. The van der Waals surface area contributed by atoms with E-state index in [1.807, 2.05) is 6.08 Å². The van der Waals surface area contributed by atoms with E-state index in [9.17, 15) is 19.8 Å². The summed E-state index contributed by atoms with van der Waals surface area (Å²) in [5.74, 6) is -0.0530. The highest BCUT2D eigenvalue weighted by Gasteiger charge is 2.18. The van der Waals surface area contributed by atoms with E-state index in [-0.39, 0.29) is 18.5 Å². The van der Waals surface area contributed by atoms with Crippen molar-refractivity contribution in [2.75, 3.05) is 13.2 Å². The van der Waals surface area contributed by atoms with E-state index < -0.39 is 12.1 Å². The number of aliphatic hydroxyl groups is 2. The van der Waals surface area contributed by atoms with Gasteiger partial charge in [0.05, 0.1) is 25.4 Å². The van der Waals surface area contributed by atoms with Crippen LogP contribution in [-0.2, 0) is 14.3 Å². The molecule has 0 bridgehead atoms. The van der Waals surface area contributed by atoms with Gasteiger partial charge in [0, 0.05) is 12.8 Å². The van der Waals surface area contributed by atoms with Crippen molar-refractivity contribution in [1.29, 1.82) is 0 Å². The van der Waals surface area contributed by atoms with Crippen molar-refractivity contribution < 1.29 is 24.5 Å². The van der Waals surface area contributed by atoms with Gasteiger partial charge < -0.3 is 20.3 Å². The molecule has 456 valence electrons. The normalized spacial score (nSPS) is 12.6. The molecule has 0 saturated carbocycles. The molecule has 77 heavy (non-hydrogen) atoms. The summed E-state index contributed by atoms with van der Waals surface area (Å²) < 4.78 is 5.47. The molecule has 0 aromatic rings. The number of nitrogens with one attached hydrogen (secondary N) is 1. The lowest BCUT2D eigenvalue weighted by Gasteiger charge is -2.20. The van der Waals surface area contributed by atoms with E-state index in [1.54, 1.807) is 6.08 Å². The zero-order valence-electron chi connectivity index (χ0n) is 52.2. The van der Waals surface area contributed by atoms with Crippen LogP contribution >= 0.6 is 0 Å². The molecular weight excluding hydrogens is 947 g/mol. The first kappa shape index (κ1) is 75.3. The van der Waals surface area contributed by atoms with Crippen molar-refractivity contribution in [1.82, 2.24) is 5.32 Å². The lowest BCUT2D eigenvalue weighted by molar-refractivity contribution is -0.143. The Morgan fingerprint density at radius 2 is 0.610 bits per heavy atom. The second-order valence-corrected chi connectivity index (χ2v) is 24.2. The number of allylic oxidation sites excluding steroid dienone is 3. The molecule has 0 saturated heterocycles. The number of unbranched alkanes of at least 4 members (excludes halogenated alkanes) is 53. The van der Waals surface area contributed by atoms with Crippen molar-refractivity contribution in [2.24, 2.45) is 0 Å². The second-order valence-electron chi connectivity index (χ2n) is 24.2. The molecule has 6 heteroatoms. The van der Waals surface area contributed by atoms with Gasteiger partial charge in [-0.05, 0) is 57.8 Å². The summed E-state index contributed by atoms with van der Waals surface area (Å²) in [6.45, 7) is 4.92. The Balaban J connectivity index is 3.38. The van der Waals surface area contributed by atoms with Gasteiger partial charge in [0.2, 0.25) is 5.91 Å². The molecule has 0 fully saturated rings. The predicted molar refractivity (Wildman–Crippen MR) is 338 cm³/mol. The van der Waals surface area contributed by atoms with E-state index in [2.05, 4.69) is 31.3 Å². The average molecular weight is 1080 g/mol. The minimum atomic E-state index is -0.843. The smallest absolute Gasteiger partial charge is 0.305 e. The van der Waals surface area contributed by atoms with Crippen molar-refractivity contribution in [3.05, 3.63) is 24.3 Å². The number of ether oxygens (including phenoxy) is 1. The van der Waals surface area contributed by atoms with Crippen LogP contribution in [0.15, 0.2) is 24.3 Å². The molecule has 0 aromatic carbocycles. The summed E-state index contributed by atoms with van der Waals surface area (Å²) in [5, 5.41) is 23.3. The number of carbonyl (C=O) groups is 2. The van der Waals surface area contributed by atoms with Crippen LogP contribution in [0.2, 0.25) is 0 Å². The molecule has 3 N–H and O–H groups in total. The Morgan fingerprint density at radius 1 is 0.351 bits per heavy atom. The van der Waals surface area contributed by atoms with Crippen LogP contribution in [0.4, 0.5) is 0 Å². The van der Waals surface area contributed by atoms with Gasteiger partial charge in [0.15, 0.2) is 0 Å². The molecule has 0 aliphatic rings. The summed E-state index contributed by atoms with van der Waals surface area (Å²) in [5.41, 5.74) is 0. The van der Waals surface area contributed by atoms with Crippen LogP contribution in [0, 0.1) is 0 Å². The molecule has 2 unspecified atom stereocenters. The summed E-state index contributed by atoms with van der Waals surface area (Å²) in [7, 11) is 0. The standard InChI is InChI=1S/C71H137NO5/c1-3-5-7-9-11-13-15-17-18-19-20-28-31-34-37-40-43-47-51-55-59-63-69(74)68(67-73)72-70(75)64-60-56-52-48-44-41-38-35-32-29-26-24-22-21-23-25-27-30-33-36-39-42-46-50-54-58-62-66-77-71(76)65-61-57-53-49-45-16-14-12-10-8-6-4-2/h12,14,59,63,68-69,73-74H,3-11,13,15-58,60-62,64-67H2,1-2H3,(H,72,75)/b14-12-,63-59+. The van der Waals surface area contributed by atoms with E-state index in [4.69, 9.17) is 4.74 Å². The lowest BCUT2D eigenvalue weighted by atomic mass is 10.0. The predicted octanol–water partition coefficient (Wildman–Crippen LogP) is 22.5. The van der Waals surface area contributed by atoms with Crippen molar-refractivity contribution in [3.8, 4) is 0 Å². The van der Waals surface area contributed by atoms with Gasteiger partial charge in [-0.15, -0.1) is 0 Å². The maximum atomic E-state index is 12.5. The fraction of sp³-hybridized carbons (Fsp3) is 0.915.